The van der Waals surface area contributed by atoms with E-state index >= 15 is 0 Å². The highest BCUT2D eigenvalue weighted by Crippen LogP contribution is 2.36. The Morgan fingerprint density at radius 2 is 2.32 bits per heavy atom. The topological polar surface area (TPSA) is 47.6 Å². The van der Waals surface area contributed by atoms with Gasteiger partial charge in [0.15, 0.2) is 0 Å². The van der Waals surface area contributed by atoms with Gasteiger partial charge in [-0.05, 0) is 51.8 Å². The van der Waals surface area contributed by atoms with Crippen LogP contribution in [-0.4, -0.2) is 49.9 Å². The molecule has 5 heteroatoms. The SMILES string of the molecule is CCOC(=O)C1(NC)CCCC(SCCCOC)C1. The Morgan fingerprint density at radius 1 is 1.53 bits per heavy atom. The van der Waals surface area contributed by atoms with Crippen LogP contribution in [0.5, 0.6) is 0 Å². The number of thioether (sulfide) groups is 1. The fourth-order valence-electron chi connectivity index (χ4n) is 2.60. The molecule has 0 aromatic rings. The monoisotopic (exact) mass is 289 g/mol. The van der Waals surface area contributed by atoms with Crippen LogP contribution in [0.4, 0.5) is 0 Å². The molecule has 0 radical (unpaired) electrons. The van der Waals surface area contributed by atoms with E-state index in [1.165, 1.54) is 6.42 Å². The van der Waals surface area contributed by atoms with E-state index in [2.05, 4.69) is 5.32 Å². The molecule has 0 bridgehead atoms. The largest absolute Gasteiger partial charge is 0.465 e. The zero-order valence-corrected chi connectivity index (χ0v) is 13.2. The van der Waals surface area contributed by atoms with E-state index in [0.29, 0.717) is 11.9 Å². The van der Waals surface area contributed by atoms with Gasteiger partial charge in [0.05, 0.1) is 6.61 Å². The highest BCUT2D eigenvalue weighted by molar-refractivity contribution is 7.99. The van der Waals surface area contributed by atoms with Gasteiger partial charge < -0.3 is 14.8 Å². The van der Waals surface area contributed by atoms with Crippen molar-refractivity contribution in [2.75, 3.05) is 33.1 Å². The minimum Gasteiger partial charge on any atom is -0.465 e. The number of likely N-dealkylation sites (N-methyl/N-ethyl adjacent to an activating group) is 1. The van der Waals surface area contributed by atoms with Crippen LogP contribution in [0.15, 0.2) is 0 Å². The van der Waals surface area contributed by atoms with Gasteiger partial charge in [0.1, 0.15) is 5.54 Å². The van der Waals surface area contributed by atoms with Crippen molar-refractivity contribution in [3.63, 3.8) is 0 Å². The molecule has 2 atom stereocenters. The van der Waals surface area contributed by atoms with Crippen LogP contribution in [0.2, 0.25) is 0 Å². The number of carbonyl (C=O) groups is 1. The molecule has 2 unspecified atom stereocenters. The number of ether oxygens (including phenoxy) is 2. The highest BCUT2D eigenvalue weighted by Gasteiger charge is 2.42. The molecule has 19 heavy (non-hydrogen) atoms. The first-order valence-electron chi connectivity index (χ1n) is 7.15. The molecule has 1 aliphatic carbocycles. The van der Waals surface area contributed by atoms with Crippen LogP contribution in [0.3, 0.4) is 0 Å². The van der Waals surface area contributed by atoms with Crippen molar-refractivity contribution in [1.29, 1.82) is 0 Å². The van der Waals surface area contributed by atoms with Crippen LogP contribution < -0.4 is 5.32 Å². The third-order valence-corrected chi connectivity index (χ3v) is 5.10. The predicted octanol–water partition coefficient (Wildman–Crippen LogP) is 2.22. The Labute approximate surface area is 121 Å². The molecule has 1 fully saturated rings. The van der Waals surface area contributed by atoms with E-state index in [0.717, 1.165) is 38.0 Å². The molecular weight excluding hydrogens is 262 g/mol. The summed E-state index contributed by atoms with van der Waals surface area (Å²) in [6.45, 7) is 3.13. The molecule has 1 N–H and O–H groups in total. The number of hydrogen-bond donors (Lipinski definition) is 1. The van der Waals surface area contributed by atoms with E-state index in [1.807, 2.05) is 25.7 Å². The Kier molecular flexibility index (Phi) is 7.80. The minimum atomic E-state index is -0.465. The van der Waals surface area contributed by atoms with Gasteiger partial charge >= 0.3 is 5.97 Å². The van der Waals surface area contributed by atoms with Crippen LogP contribution in [-0.2, 0) is 14.3 Å². The number of rotatable bonds is 8. The summed E-state index contributed by atoms with van der Waals surface area (Å²) < 4.78 is 10.3. The number of methoxy groups -OCH3 is 1. The molecule has 0 spiro atoms. The van der Waals surface area contributed by atoms with Crippen molar-refractivity contribution in [2.45, 2.75) is 49.8 Å². The first kappa shape index (κ1) is 16.8. The van der Waals surface area contributed by atoms with E-state index in [9.17, 15) is 4.79 Å². The van der Waals surface area contributed by atoms with Crippen molar-refractivity contribution in [2.24, 2.45) is 0 Å². The molecule has 0 saturated heterocycles. The average molecular weight is 289 g/mol. The smallest absolute Gasteiger partial charge is 0.326 e. The third-order valence-electron chi connectivity index (χ3n) is 3.70. The number of carbonyl (C=O) groups excluding carboxylic acids is 1. The first-order chi connectivity index (χ1) is 9.18. The lowest BCUT2D eigenvalue weighted by atomic mass is 9.81. The van der Waals surface area contributed by atoms with Crippen LogP contribution >= 0.6 is 11.8 Å². The lowest BCUT2D eigenvalue weighted by Crippen LogP contribution is -2.54. The van der Waals surface area contributed by atoms with E-state index < -0.39 is 5.54 Å². The molecule has 1 saturated carbocycles. The molecule has 112 valence electrons. The van der Waals surface area contributed by atoms with Crippen molar-refractivity contribution < 1.29 is 14.3 Å². The van der Waals surface area contributed by atoms with Gasteiger partial charge in [0.2, 0.25) is 0 Å². The summed E-state index contributed by atoms with van der Waals surface area (Å²) in [5.41, 5.74) is -0.465. The zero-order chi connectivity index (χ0) is 14.1. The molecule has 4 nitrogen and oxygen atoms in total. The summed E-state index contributed by atoms with van der Waals surface area (Å²) in [6, 6.07) is 0. The molecule has 0 aliphatic heterocycles. The van der Waals surface area contributed by atoms with E-state index in [-0.39, 0.29) is 5.97 Å². The zero-order valence-electron chi connectivity index (χ0n) is 12.4. The fraction of sp³-hybridized carbons (Fsp3) is 0.929. The minimum absolute atomic E-state index is 0.0836. The van der Waals surface area contributed by atoms with Crippen molar-refractivity contribution in [3.05, 3.63) is 0 Å². The first-order valence-corrected chi connectivity index (χ1v) is 8.20. The summed E-state index contributed by atoms with van der Waals surface area (Å²) in [5, 5.41) is 3.76. The molecule has 0 aromatic carbocycles. The fourth-order valence-corrected chi connectivity index (χ4v) is 3.96. The Hall–Kier alpha value is -0.260. The summed E-state index contributed by atoms with van der Waals surface area (Å²) in [7, 11) is 3.60. The number of esters is 1. The van der Waals surface area contributed by atoms with E-state index in [4.69, 9.17) is 9.47 Å². The van der Waals surface area contributed by atoms with E-state index in [1.54, 1.807) is 7.11 Å². The lowest BCUT2D eigenvalue weighted by molar-refractivity contribution is -0.152. The lowest BCUT2D eigenvalue weighted by Gasteiger charge is -2.38. The molecular formula is C14H27NO3S. The molecule has 1 aliphatic rings. The second kappa shape index (κ2) is 8.82. The quantitative estimate of drug-likeness (QED) is 0.548. The Bertz CT molecular complexity index is 275. The van der Waals surface area contributed by atoms with Gasteiger partial charge in [-0.1, -0.05) is 0 Å². The van der Waals surface area contributed by atoms with Gasteiger partial charge in [-0.3, -0.25) is 4.79 Å². The number of nitrogens with one attached hydrogen (secondary N) is 1. The predicted molar refractivity (Wildman–Crippen MR) is 79.6 cm³/mol. The summed E-state index contributed by atoms with van der Waals surface area (Å²) >= 11 is 1.96. The van der Waals surface area contributed by atoms with Crippen molar-refractivity contribution in [3.8, 4) is 0 Å². The average Bonchev–Trinajstić information content (AvgIpc) is 2.44. The highest BCUT2D eigenvalue weighted by atomic mass is 32.2. The maximum absolute atomic E-state index is 12.2. The Morgan fingerprint density at radius 3 is 2.95 bits per heavy atom. The van der Waals surface area contributed by atoms with Crippen LogP contribution in [0.25, 0.3) is 0 Å². The second-order valence-electron chi connectivity index (χ2n) is 4.99. The normalized spacial score (nSPS) is 27.2. The molecule has 1 rings (SSSR count). The molecule has 0 aromatic heterocycles. The van der Waals surface area contributed by atoms with Crippen LogP contribution in [0, 0.1) is 0 Å². The van der Waals surface area contributed by atoms with Crippen molar-refractivity contribution >= 4 is 17.7 Å². The summed E-state index contributed by atoms with van der Waals surface area (Å²) in [4.78, 5) is 12.2. The standard InChI is InChI=1S/C14H27NO3S/c1-4-18-13(16)14(15-2)8-5-7-12(11-14)19-10-6-9-17-3/h12,15H,4-11H2,1-3H3. The maximum Gasteiger partial charge on any atom is 0.326 e. The summed E-state index contributed by atoms with van der Waals surface area (Å²) in [5.74, 6) is 1.01. The van der Waals surface area contributed by atoms with Crippen LogP contribution in [0.1, 0.15) is 39.0 Å². The maximum atomic E-state index is 12.2. The van der Waals surface area contributed by atoms with Gasteiger partial charge in [-0.25, -0.2) is 0 Å². The molecule has 0 amide bonds. The summed E-state index contributed by atoms with van der Waals surface area (Å²) in [6.07, 6.45) is 5.11. The van der Waals surface area contributed by atoms with Gasteiger partial charge in [-0.2, -0.15) is 11.8 Å². The second-order valence-corrected chi connectivity index (χ2v) is 6.40. The van der Waals surface area contributed by atoms with Gasteiger partial charge in [0.25, 0.3) is 0 Å². The van der Waals surface area contributed by atoms with Gasteiger partial charge in [0, 0.05) is 19.0 Å². The van der Waals surface area contributed by atoms with Gasteiger partial charge in [-0.15, -0.1) is 0 Å². The Balaban J connectivity index is 2.48. The third kappa shape index (κ3) is 4.97. The number of hydrogen-bond acceptors (Lipinski definition) is 5. The van der Waals surface area contributed by atoms with Crippen molar-refractivity contribution in [1.82, 2.24) is 5.32 Å². The molecule has 0 heterocycles.